The van der Waals surface area contributed by atoms with Crippen LogP contribution >= 0.6 is 0 Å². The van der Waals surface area contributed by atoms with E-state index in [-0.39, 0.29) is 29.8 Å². The maximum absolute atomic E-state index is 12.0. The number of amides is 1. The van der Waals surface area contributed by atoms with Gasteiger partial charge in [-0.05, 0) is 36.6 Å². The van der Waals surface area contributed by atoms with Gasteiger partial charge in [-0.1, -0.05) is 0 Å². The van der Waals surface area contributed by atoms with E-state index in [0.29, 0.717) is 6.42 Å². The maximum atomic E-state index is 12.0. The van der Waals surface area contributed by atoms with Crippen LogP contribution in [0.25, 0.3) is 0 Å². The number of anilines is 2. The molecule has 1 aromatic carbocycles. The monoisotopic (exact) mass is 338 g/mol. The van der Waals surface area contributed by atoms with E-state index < -0.39 is 9.84 Å². The summed E-state index contributed by atoms with van der Waals surface area (Å²) in [5, 5.41) is 2.85. The molecule has 0 aromatic heterocycles. The fraction of sp³-hybridized carbons (Fsp3) is 0.562. The van der Waals surface area contributed by atoms with Crippen LogP contribution < -0.4 is 10.2 Å². The van der Waals surface area contributed by atoms with Crippen molar-refractivity contribution in [1.29, 1.82) is 0 Å². The molecule has 0 bridgehead atoms. The van der Waals surface area contributed by atoms with Gasteiger partial charge in [0.15, 0.2) is 9.84 Å². The zero-order valence-corrected chi connectivity index (χ0v) is 13.8. The predicted octanol–water partition coefficient (Wildman–Crippen LogP) is 1.29. The summed E-state index contributed by atoms with van der Waals surface area (Å²) >= 11 is 0. The standard InChI is InChI=1S/C16H22N2O4S/c19-16(11-13-5-10-23(20,21)12-13)17-14-1-3-15(4-2-14)18-6-8-22-9-7-18/h1-4,13H,5-12H2,(H,17,19)/t13-/m0/s1. The van der Waals surface area contributed by atoms with Crippen LogP contribution in [-0.4, -0.2) is 52.1 Å². The Kier molecular flexibility index (Phi) is 4.87. The molecule has 126 valence electrons. The highest BCUT2D eigenvalue weighted by Gasteiger charge is 2.29. The Bertz CT molecular complexity index is 651. The molecule has 2 heterocycles. The number of carbonyl (C=O) groups is 1. The fourth-order valence-electron chi connectivity index (χ4n) is 3.08. The van der Waals surface area contributed by atoms with Gasteiger partial charge in [-0.15, -0.1) is 0 Å². The second-order valence-electron chi connectivity index (χ2n) is 6.17. The molecular formula is C16H22N2O4S. The largest absolute Gasteiger partial charge is 0.378 e. The number of sulfone groups is 1. The molecule has 0 radical (unpaired) electrons. The first-order valence-corrected chi connectivity index (χ1v) is 9.77. The van der Waals surface area contributed by atoms with Crippen LogP contribution in [0.15, 0.2) is 24.3 Å². The zero-order valence-electron chi connectivity index (χ0n) is 13.0. The highest BCUT2D eigenvalue weighted by atomic mass is 32.2. The Morgan fingerprint density at radius 1 is 1.22 bits per heavy atom. The number of morpholine rings is 1. The van der Waals surface area contributed by atoms with Gasteiger partial charge in [0.25, 0.3) is 0 Å². The second kappa shape index (κ2) is 6.88. The summed E-state index contributed by atoms with van der Waals surface area (Å²) in [6.07, 6.45) is 0.857. The number of nitrogens with one attached hydrogen (secondary N) is 1. The number of hydrogen-bond acceptors (Lipinski definition) is 5. The van der Waals surface area contributed by atoms with Gasteiger partial charge < -0.3 is 15.0 Å². The molecule has 6 nitrogen and oxygen atoms in total. The third-order valence-electron chi connectivity index (χ3n) is 4.33. The summed E-state index contributed by atoms with van der Waals surface area (Å²) in [4.78, 5) is 14.3. The van der Waals surface area contributed by atoms with E-state index in [0.717, 1.165) is 37.7 Å². The molecule has 2 fully saturated rings. The van der Waals surface area contributed by atoms with E-state index in [1.54, 1.807) is 0 Å². The minimum Gasteiger partial charge on any atom is -0.378 e. The van der Waals surface area contributed by atoms with E-state index in [9.17, 15) is 13.2 Å². The number of nitrogens with zero attached hydrogens (tertiary/aromatic N) is 1. The smallest absolute Gasteiger partial charge is 0.224 e. The van der Waals surface area contributed by atoms with E-state index in [4.69, 9.17) is 4.74 Å². The molecule has 0 aliphatic carbocycles. The molecule has 2 aliphatic heterocycles. The van der Waals surface area contributed by atoms with Gasteiger partial charge in [0.1, 0.15) is 0 Å². The molecular weight excluding hydrogens is 316 g/mol. The van der Waals surface area contributed by atoms with Crippen LogP contribution in [0.1, 0.15) is 12.8 Å². The van der Waals surface area contributed by atoms with Gasteiger partial charge in [-0.25, -0.2) is 8.42 Å². The lowest BCUT2D eigenvalue weighted by atomic mass is 10.1. The fourth-order valence-corrected chi connectivity index (χ4v) is 4.95. The molecule has 2 aliphatic rings. The molecule has 3 rings (SSSR count). The molecule has 1 atom stereocenters. The molecule has 0 saturated carbocycles. The SMILES string of the molecule is O=C(C[C@@H]1CCS(=O)(=O)C1)Nc1ccc(N2CCOCC2)cc1. The molecule has 1 N–H and O–H groups in total. The van der Waals surface area contributed by atoms with E-state index >= 15 is 0 Å². The van der Waals surface area contributed by atoms with E-state index in [1.165, 1.54) is 0 Å². The highest BCUT2D eigenvalue weighted by molar-refractivity contribution is 7.91. The van der Waals surface area contributed by atoms with Crippen molar-refractivity contribution in [3.63, 3.8) is 0 Å². The first-order valence-electron chi connectivity index (χ1n) is 7.95. The third-order valence-corrected chi connectivity index (χ3v) is 6.17. The highest BCUT2D eigenvalue weighted by Crippen LogP contribution is 2.23. The lowest BCUT2D eigenvalue weighted by molar-refractivity contribution is -0.116. The third kappa shape index (κ3) is 4.45. The van der Waals surface area contributed by atoms with Crippen molar-refractivity contribution in [2.24, 2.45) is 5.92 Å². The van der Waals surface area contributed by atoms with Crippen molar-refractivity contribution in [3.05, 3.63) is 24.3 Å². The van der Waals surface area contributed by atoms with Crippen molar-refractivity contribution in [3.8, 4) is 0 Å². The molecule has 1 aromatic rings. The van der Waals surface area contributed by atoms with Gasteiger partial charge in [-0.2, -0.15) is 0 Å². The molecule has 2 saturated heterocycles. The normalized spacial score (nSPS) is 23.7. The average Bonchev–Trinajstić information content (AvgIpc) is 2.87. The predicted molar refractivity (Wildman–Crippen MR) is 89.5 cm³/mol. The summed E-state index contributed by atoms with van der Waals surface area (Å²) in [6.45, 7) is 3.23. The van der Waals surface area contributed by atoms with Gasteiger partial charge in [-0.3, -0.25) is 4.79 Å². The van der Waals surface area contributed by atoms with E-state index in [1.807, 2.05) is 24.3 Å². The number of rotatable bonds is 4. The minimum atomic E-state index is -2.93. The van der Waals surface area contributed by atoms with Gasteiger partial charge in [0.05, 0.1) is 24.7 Å². The Hall–Kier alpha value is -1.60. The summed E-state index contributed by atoms with van der Waals surface area (Å²) in [7, 11) is -2.93. The Labute approximate surface area is 136 Å². The molecule has 0 spiro atoms. The van der Waals surface area contributed by atoms with Crippen molar-refractivity contribution >= 4 is 27.1 Å². The number of hydrogen-bond donors (Lipinski definition) is 1. The van der Waals surface area contributed by atoms with Crippen LogP contribution in [0.3, 0.4) is 0 Å². The van der Waals surface area contributed by atoms with Crippen molar-refractivity contribution in [2.75, 3.05) is 48.0 Å². The first-order chi connectivity index (χ1) is 11.0. The van der Waals surface area contributed by atoms with Gasteiger partial charge in [0, 0.05) is 30.9 Å². The average molecular weight is 338 g/mol. The van der Waals surface area contributed by atoms with Crippen LogP contribution in [0.4, 0.5) is 11.4 Å². The van der Waals surface area contributed by atoms with Crippen molar-refractivity contribution in [1.82, 2.24) is 0 Å². The van der Waals surface area contributed by atoms with Crippen LogP contribution in [-0.2, 0) is 19.4 Å². The van der Waals surface area contributed by atoms with E-state index in [2.05, 4.69) is 10.2 Å². The van der Waals surface area contributed by atoms with Gasteiger partial charge in [0.2, 0.25) is 5.91 Å². The second-order valence-corrected chi connectivity index (χ2v) is 8.40. The summed E-state index contributed by atoms with van der Waals surface area (Å²) in [6, 6.07) is 7.74. The summed E-state index contributed by atoms with van der Waals surface area (Å²) in [5.74, 6) is 0.175. The zero-order chi connectivity index (χ0) is 16.3. The maximum Gasteiger partial charge on any atom is 0.224 e. The number of ether oxygens (including phenoxy) is 1. The van der Waals surface area contributed by atoms with Crippen molar-refractivity contribution < 1.29 is 17.9 Å². The lowest BCUT2D eigenvalue weighted by Gasteiger charge is -2.28. The quantitative estimate of drug-likeness (QED) is 0.895. The molecule has 23 heavy (non-hydrogen) atoms. The Balaban J connectivity index is 1.52. The minimum absolute atomic E-state index is 0.0485. The molecule has 1 amide bonds. The number of benzene rings is 1. The summed E-state index contributed by atoms with van der Waals surface area (Å²) in [5.41, 5.74) is 1.86. The van der Waals surface area contributed by atoms with Crippen LogP contribution in [0, 0.1) is 5.92 Å². The van der Waals surface area contributed by atoms with Crippen molar-refractivity contribution in [2.45, 2.75) is 12.8 Å². The summed E-state index contributed by atoms with van der Waals surface area (Å²) < 4.78 is 28.2. The Morgan fingerprint density at radius 3 is 2.52 bits per heavy atom. The number of carbonyl (C=O) groups excluding carboxylic acids is 1. The first kappa shape index (κ1) is 16.3. The molecule has 0 unspecified atom stereocenters. The lowest BCUT2D eigenvalue weighted by Crippen LogP contribution is -2.36. The van der Waals surface area contributed by atoms with Crippen LogP contribution in [0.5, 0.6) is 0 Å². The van der Waals surface area contributed by atoms with Crippen LogP contribution in [0.2, 0.25) is 0 Å². The Morgan fingerprint density at radius 2 is 1.91 bits per heavy atom. The topological polar surface area (TPSA) is 75.7 Å². The van der Waals surface area contributed by atoms with Gasteiger partial charge >= 0.3 is 0 Å². The molecule has 7 heteroatoms.